The number of non-ortho nitro benzene ring substituents is 1. The number of amides is 2. The molecule has 2 amide bonds. The number of anilines is 1. The van der Waals surface area contributed by atoms with Gasteiger partial charge in [0.05, 0.1) is 10.2 Å². The molecule has 1 saturated heterocycles. The lowest BCUT2D eigenvalue weighted by molar-refractivity contribution is -0.384. The molecular weight excluding hydrogens is 392 g/mol. The number of carbonyl (C=O) groups is 2. The Morgan fingerprint density at radius 2 is 2.03 bits per heavy atom. The SMILES string of the molecule is Cc1cccc(N2C(=O)C(Cc3cccc([N+](=O)[O-])c3)S/C2=C(/C#N)C(N)=O)c1. The molecule has 0 aromatic heterocycles. The monoisotopic (exact) mass is 408 g/mol. The van der Waals surface area contributed by atoms with E-state index in [1.807, 2.05) is 13.0 Å². The molecule has 3 rings (SSSR count). The average Bonchev–Trinajstić information content (AvgIpc) is 2.98. The highest BCUT2D eigenvalue weighted by Crippen LogP contribution is 2.42. The molecule has 0 spiro atoms. The van der Waals surface area contributed by atoms with Gasteiger partial charge in [-0.15, -0.1) is 0 Å². The minimum Gasteiger partial charge on any atom is -0.365 e. The van der Waals surface area contributed by atoms with E-state index in [0.29, 0.717) is 11.3 Å². The zero-order valence-electron chi connectivity index (χ0n) is 15.4. The van der Waals surface area contributed by atoms with Crippen LogP contribution in [0.4, 0.5) is 11.4 Å². The van der Waals surface area contributed by atoms with Crippen molar-refractivity contribution in [2.24, 2.45) is 5.73 Å². The predicted octanol–water partition coefficient (Wildman–Crippen LogP) is 2.81. The number of hydrogen-bond donors (Lipinski definition) is 1. The maximum atomic E-state index is 13.2. The topological polar surface area (TPSA) is 130 Å². The quantitative estimate of drug-likeness (QED) is 0.350. The summed E-state index contributed by atoms with van der Waals surface area (Å²) in [5, 5.41) is 19.9. The lowest BCUT2D eigenvalue weighted by Crippen LogP contribution is -2.31. The summed E-state index contributed by atoms with van der Waals surface area (Å²) in [7, 11) is 0. The summed E-state index contributed by atoms with van der Waals surface area (Å²) in [5.74, 6) is -1.24. The van der Waals surface area contributed by atoms with Gasteiger partial charge in [-0.2, -0.15) is 5.26 Å². The summed E-state index contributed by atoms with van der Waals surface area (Å²) in [6.07, 6.45) is 0.203. The molecule has 29 heavy (non-hydrogen) atoms. The van der Waals surface area contributed by atoms with Gasteiger partial charge < -0.3 is 5.73 Å². The highest BCUT2D eigenvalue weighted by Gasteiger charge is 2.40. The van der Waals surface area contributed by atoms with Gasteiger partial charge in [-0.05, 0) is 36.6 Å². The zero-order chi connectivity index (χ0) is 21.1. The molecule has 1 aliphatic rings. The van der Waals surface area contributed by atoms with Gasteiger partial charge in [0.2, 0.25) is 5.91 Å². The molecule has 2 aromatic rings. The number of nitrogens with zero attached hydrogens (tertiary/aromatic N) is 3. The number of thioether (sulfide) groups is 1. The van der Waals surface area contributed by atoms with Crippen molar-refractivity contribution in [3.63, 3.8) is 0 Å². The molecule has 1 atom stereocenters. The highest BCUT2D eigenvalue weighted by atomic mass is 32.2. The highest BCUT2D eigenvalue weighted by molar-refractivity contribution is 8.05. The van der Waals surface area contributed by atoms with Gasteiger partial charge >= 0.3 is 0 Å². The number of nitriles is 1. The first-order valence-corrected chi connectivity index (χ1v) is 9.44. The Labute approximate surface area is 170 Å². The summed E-state index contributed by atoms with van der Waals surface area (Å²) in [6, 6.07) is 14.9. The Kier molecular flexibility index (Phi) is 5.66. The molecule has 0 bridgehead atoms. The third-order valence-corrected chi connectivity index (χ3v) is 5.59. The largest absolute Gasteiger partial charge is 0.365 e. The van der Waals surface area contributed by atoms with E-state index in [4.69, 9.17) is 5.73 Å². The maximum Gasteiger partial charge on any atom is 0.269 e. The summed E-state index contributed by atoms with van der Waals surface area (Å²) >= 11 is 1.06. The van der Waals surface area contributed by atoms with Crippen molar-refractivity contribution in [1.82, 2.24) is 0 Å². The van der Waals surface area contributed by atoms with Crippen LogP contribution in [-0.4, -0.2) is 22.0 Å². The molecule has 1 unspecified atom stereocenters. The number of rotatable bonds is 5. The van der Waals surface area contributed by atoms with E-state index < -0.39 is 16.1 Å². The molecule has 1 fully saturated rings. The number of benzene rings is 2. The van der Waals surface area contributed by atoms with Crippen LogP contribution < -0.4 is 10.6 Å². The van der Waals surface area contributed by atoms with Crippen molar-refractivity contribution in [3.05, 3.63) is 80.4 Å². The minimum atomic E-state index is -0.920. The van der Waals surface area contributed by atoms with Crippen LogP contribution >= 0.6 is 11.8 Å². The first kappa shape index (κ1) is 20.1. The van der Waals surface area contributed by atoms with Gasteiger partial charge in [0.15, 0.2) is 0 Å². The zero-order valence-corrected chi connectivity index (χ0v) is 16.2. The van der Waals surface area contributed by atoms with Gasteiger partial charge in [0.1, 0.15) is 16.7 Å². The van der Waals surface area contributed by atoms with Crippen LogP contribution in [0.15, 0.2) is 59.1 Å². The van der Waals surface area contributed by atoms with Crippen molar-refractivity contribution in [1.29, 1.82) is 5.26 Å². The molecule has 146 valence electrons. The number of carbonyl (C=O) groups excluding carboxylic acids is 2. The molecule has 0 aliphatic carbocycles. The van der Waals surface area contributed by atoms with Gasteiger partial charge in [0, 0.05) is 17.8 Å². The number of nitro benzene ring substituents is 1. The second-order valence-electron chi connectivity index (χ2n) is 6.41. The summed E-state index contributed by atoms with van der Waals surface area (Å²) in [5.41, 5.74) is 7.01. The van der Waals surface area contributed by atoms with Crippen molar-refractivity contribution in [2.45, 2.75) is 18.6 Å². The molecule has 9 heteroatoms. The number of nitrogens with two attached hydrogens (primary N) is 1. The Balaban J connectivity index is 2.03. The van der Waals surface area contributed by atoms with Gasteiger partial charge in [-0.1, -0.05) is 36.0 Å². The van der Waals surface area contributed by atoms with E-state index in [0.717, 1.165) is 17.3 Å². The number of hydrogen-bond acceptors (Lipinski definition) is 6. The average molecular weight is 408 g/mol. The van der Waals surface area contributed by atoms with Gasteiger partial charge in [0.25, 0.3) is 11.6 Å². The van der Waals surface area contributed by atoms with E-state index >= 15 is 0 Å². The number of primary amides is 1. The molecule has 1 heterocycles. The van der Waals surface area contributed by atoms with Crippen LogP contribution in [0, 0.1) is 28.4 Å². The van der Waals surface area contributed by atoms with E-state index in [-0.39, 0.29) is 28.6 Å². The Hall–Kier alpha value is -3.64. The summed E-state index contributed by atoms with van der Waals surface area (Å²) < 4.78 is 0. The van der Waals surface area contributed by atoms with E-state index in [2.05, 4.69) is 0 Å². The second kappa shape index (κ2) is 8.16. The fraction of sp³-hybridized carbons (Fsp3) is 0.150. The Morgan fingerprint density at radius 3 is 2.66 bits per heavy atom. The molecule has 2 N–H and O–H groups in total. The van der Waals surface area contributed by atoms with Gasteiger partial charge in [-0.3, -0.25) is 24.6 Å². The molecule has 8 nitrogen and oxygen atoms in total. The first-order valence-electron chi connectivity index (χ1n) is 8.56. The predicted molar refractivity (Wildman–Crippen MR) is 109 cm³/mol. The standard InChI is InChI=1S/C20H16N4O4S/c1-12-4-2-6-14(8-12)23-19(26)17(29-20(23)16(11-21)18(22)25)10-13-5-3-7-15(9-13)24(27)28/h2-9,17H,10H2,1H3,(H2,22,25)/b20-16-. The maximum absolute atomic E-state index is 13.2. The van der Waals surface area contributed by atoms with Crippen LogP contribution in [0.5, 0.6) is 0 Å². The van der Waals surface area contributed by atoms with Crippen molar-refractivity contribution >= 4 is 35.0 Å². The van der Waals surface area contributed by atoms with Crippen LogP contribution in [0.25, 0.3) is 0 Å². The van der Waals surface area contributed by atoms with Crippen molar-refractivity contribution in [3.8, 4) is 6.07 Å². The lowest BCUT2D eigenvalue weighted by Gasteiger charge is -2.18. The molecule has 0 saturated carbocycles. The van der Waals surface area contributed by atoms with Crippen molar-refractivity contribution in [2.75, 3.05) is 4.90 Å². The second-order valence-corrected chi connectivity index (χ2v) is 7.60. The van der Waals surface area contributed by atoms with E-state index in [9.17, 15) is 25.0 Å². The van der Waals surface area contributed by atoms with Crippen LogP contribution in [0.3, 0.4) is 0 Å². The van der Waals surface area contributed by atoms with Gasteiger partial charge in [-0.25, -0.2) is 0 Å². The molecule has 0 radical (unpaired) electrons. The van der Waals surface area contributed by atoms with Crippen molar-refractivity contribution < 1.29 is 14.5 Å². The summed E-state index contributed by atoms with van der Waals surface area (Å²) in [6.45, 7) is 1.86. The Bertz CT molecular complexity index is 1090. The van der Waals surface area contributed by atoms with Crippen LogP contribution in [-0.2, 0) is 16.0 Å². The fourth-order valence-electron chi connectivity index (χ4n) is 3.01. The third kappa shape index (κ3) is 4.12. The number of nitro groups is 1. The normalized spacial score (nSPS) is 17.7. The van der Waals surface area contributed by atoms with E-state index in [1.54, 1.807) is 36.4 Å². The Morgan fingerprint density at radius 1 is 1.31 bits per heavy atom. The third-order valence-electron chi connectivity index (χ3n) is 4.33. The minimum absolute atomic E-state index is 0.0703. The molecule has 2 aromatic carbocycles. The molecule has 1 aliphatic heterocycles. The van der Waals surface area contributed by atoms with Crippen LogP contribution in [0.1, 0.15) is 11.1 Å². The molecular formula is C20H16N4O4S. The summed E-state index contributed by atoms with van der Waals surface area (Å²) in [4.78, 5) is 36.8. The van der Waals surface area contributed by atoms with E-state index in [1.165, 1.54) is 17.0 Å². The first-order chi connectivity index (χ1) is 13.8. The smallest absolute Gasteiger partial charge is 0.269 e. The number of aryl methyl sites for hydroxylation is 1. The van der Waals surface area contributed by atoms with Crippen LogP contribution in [0.2, 0.25) is 0 Å². The fourth-order valence-corrected chi connectivity index (χ4v) is 4.33. The lowest BCUT2D eigenvalue weighted by atomic mass is 10.1.